The van der Waals surface area contributed by atoms with E-state index in [1.807, 2.05) is 11.5 Å². The molecule has 3 heterocycles. The minimum atomic E-state index is -0.249. The van der Waals surface area contributed by atoms with Gasteiger partial charge in [0.05, 0.1) is 6.20 Å². The van der Waals surface area contributed by atoms with Crippen molar-refractivity contribution < 1.29 is 9.18 Å². The second kappa shape index (κ2) is 7.44. The van der Waals surface area contributed by atoms with Crippen LogP contribution in [-0.2, 0) is 4.79 Å². The SMILES string of the molecule is CC[C@@H]1C(=O)N(C)c2cnc(-n3ccnc3-c3ccc(F)c(C)c3)nc2N1C1CCC1. The summed E-state index contributed by atoms with van der Waals surface area (Å²) in [5, 5.41) is 0. The lowest BCUT2D eigenvalue weighted by atomic mass is 9.88. The molecule has 1 aliphatic heterocycles. The number of carbonyl (C=O) groups is 1. The number of nitrogens with zero attached hydrogens (tertiary/aromatic N) is 6. The van der Waals surface area contributed by atoms with E-state index in [1.165, 1.54) is 12.5 Å². The summed E-state index contributed by atoms with van der Waals surface area (Å²) in [6.07, 6.45) is 9.24. The fraction of sp³-hybridized carbons (Fsp3) is 0.391. The number of halogens is 1. The van der Waals surface area contributed by atoms with Gasteiger partial charge in [0, 0.05) is 31.0 Å². The monoisotopic (exact) mass is 420 g/mol. The molecule has 1 aromatic carbocycles. The molecule has 1 fully saturated rings. The molecule has 7 nitrogen and oxygen atoms in total. The van der Waals surface area contributed by atoms with Crippen LogP contribution in [0.3, 0.4) is 0 Å². The highest BCUT2D eigenvalue weighted by Gasteiger charge is 2.42. The second-order valence-electron chi connectivity index (χ2n) is 8.28. The van der Waals surface area contributed by atoms with Gasteiger partial charge in [-0.15, -0.1) is 0 Å². The summed E-state index contributed by atoms with van der Waals surface area (Å²) >= 11 is 0. The molecule has 0 unspecified atom stereocenters. The highest BCUT2D eigenvalue weighted by Crippen LogP contribution is 2.40. The molecule has 2 aliphatic rings. The van der Waals surface area contributed by atoms with E-state index >= 15 is 0 Å². The van der Waals surface area contributed by atoms with Gasteiger partial charge < -0.3 is 9.80 Å². The Morgan fingerprint density at radius 3 is 2.71 bits per heavy atom. The molecule has 5 rings (SSSR count). The summed E-state index contributed by atoms with van der Waals surface area (Å²) in [6.45, 7) is 3.77. The minimum absolute atomic E-state index is 0.0864. The van der Waals surface area contributed by atoms with Gasteiger partial charge >= 0.3 is 0 Å². The van der Waals surface area contributed by atoms with Crippen LogP contribution < -0.4 is 9.80 Å². The van der Waals surface area contributed by atoms with E-state index in [4.69, 9.17) is 4.98 Å². The molecule has 0 N–H and O–H groups in total. The van der Waals surface area contributed by atoms with Crippen LogP contribution in [0.15, 0.2) is 36.8 Å². The summed E-state index contributed by atoms with van der Waals surface area (Å²) < 4.78 is 15.6. The van der Waals surface area contributed by atoms with E-state index in [0.29, 0.717) is 23.4 Å². The zero-order valence-electron chi connectivity index (χ0n) is 17.9. The van der Waals surface area contributed by atoms with Crippen LogP contribution in [0.25, 0.3) is 17.3 Å². The number of amides is 1. The molecule has 1 aliphatic carbocycles. The molecule has 2 aromatic heterocycles. The molecule has 0 saturated heterocycles. The van der Waals surface area contributed by atoms with Crippen LogP contribution in [0, 0.1) is 12.7 Å². The molecule has 8 heteroatoms. The summed E-state index contributed by atoms with van der Waals surface area (Å²) in [6, 6.07) is 5.04. The Hall–Kier alpha value is -3.29. The molecule has 1 amide bonds. The maximum Gasteiger partial charge on any atom is 0.249 e. The largest absolute Gasteiger partial charge is 0.340 e. The Morgan fingerprint density at radius 1 is 1.23 bits per heavy atom. The quantitative estimate of drug-likeness (QED) is 0.641. The second-order valence-corrected chi connectivity index (χ2v) is 8.28. The number of aryl methyl sites for hydroxylation is 1. The Morgan fingerprint density at radius 2 is 2.03 bits per heavy atom. The maximum absolute atomic E-state index is 13.8. The van der Waals surface area contributed by atoms with E-state index in [0.717, 1.165) is 36.3 Å². The highest BCUT2D eigenvalue weighted by atomic mass is 19.1. The Kier molecular flexibility index (Phi) is 4.72. The smallest absolute Gasteiger partial charge is 0.249 e. The first-order valence-electron chi connectivity index (χ1n) is 10.7. The predicted octanol–water partition coefficient (Wildman–Crippen LogP) is 3.89. The Balaban J connectivity index is 1.62. The molecule has 1 saturated carbocycles. The number of imidazole rings is 1. The summed E-state index contributed by atoms with van der Waals surface area (Å²) in [5.41, 5.74) is 2.07. The van der Waals surface area contributed by atoms with Crippen molar-refractivity contribution in [2.75, 3.05) is 16.8 Å². The molecular weight excluding hydrogens is 395 g/mol. The van der Waals surface area contributed by atoms with E-state index in [-0.39, 0.29) is 17.8 Å². The number of fused-ring (bicyclic) bond motifs is 1. The average Bonchev–Trinajstić information content (AvgIpc) is 3.22. The third kappa shape index (κ3) is 3.08. The van der Waals surface area contributed by atoms with Gasteiger partial charge in [-0.2, -0.15) is 4.98 Å². The van der Waals surface area contributed by atoms with Crippen LogP contribution in [0.1, 0.15) is 38.2 Å². The molecule has 0 spiro atoms. The topological polar surface area (TPSA) is 67.2 Å². The third-order valence-corrected chi connectivity index (χ3v) is 6.42. The van der Waals surface area contributed by atoms with Crippen molar-refractivity contribution in [3.05, 3.63) is 48.2 Å². The lowest BCUT2D eigenvalue weighted by Crippen LogP contribution is -2.57. The van der Waals surface area contributed by atoms with Gasteiger partial charge in [0.2, 0.25) is 11.9 Å². The lowest BCUT2D eigenvalue weighted by Gasteiger charge is -2.47. The Bertz CT molecular complexity index is 1150. The maximum atomic E-state index is 13.8. The molecule has 160 valence electrons. The molecule has 31 heavy (non-hydrogen) atoms. The number of aromatic nitrogens is 4. The number of hydrogen-bond acceptors (Lipinski definition) is 5. The molecule has 1 atom stereocenters. The van der Waals surface area contributed by atoms with Gasteiger partial charge in [-0.1, -0.05) is 6.92 Å². The van der Waals surface area contributed by atoms with Crippen LogP contribution in [-0.4, -0.2) is 44.6 Å². The molecule has 0 radical (unpaired) electrons. The fourth-order valence-corrected chi connectivity index (χ4v) is 4.43. The normalized spacial score (nSPS) is 18.8. The van der Waals surface area contributed by atoms with Gasteiger partial charge in [-0.3, -0.25) is 9.36 Å². The van der Waals surface area contributed by atoms with Crippen LogP contribution >= 0.6 is 0 Å². The van der Waals surface area contributed by atoms with Crippen molar-refractivity contribution in [2.45, 2.75) is 51.6 Å². The molecular formula is C23H25FN6O. The van der Waals surface area contributed by atoms with Crippen molar-refractivity contribution in [2.24, 2.45) is 0 Å². The number of hydrogen-bond donors (Lipinski definition) is 0. The predicted molar refractivity (Wildman–Crippen MR) is 117 cm³/mol. The first-order valence-corrected chi connectivity index (χ1v) is 10.7. The number of rotatable bonds is 4. The molecule has 0 bridgehead atoms. The van der Waals surface area contributed by atoms with E-state index in [9.17, 15) is 9.18 Å². The number of likely N-dealkylation sites (N-methyl/N-ethyl adjacent to an activating group) is 1. The van der Waals surface area contributed by atoms with Gasteiger partial charge in [-0.05, 0) is 56.4 Å². The van der Waals surface area contributed by atoms with Crippen LogP contribution in [0.4, 0.5) is 15.9 Å². The van der Waals surface area contributed by atoms with Gasteiger partial charge in [0.25, 0.3) is 0 Å². The van der Waals surface area contributed by atoms with Crippen LogP contribution in [0.5, 0.6) is 0 Å². The van der Waals surface area contributed by atoms with Gasteiger partial charge in [0.15, 0.2) is 5.82 Å². The zero-order valence-corrected chi connectivity index (χ0v) is 17.9. The van der Waals surface area contributed by atoms with Crippen molar-refractivity contribution in [3.63, 3.8) is 0 Å². The Labute approximate surface area is 180 Å². The first-order chi connectivity index (χ1) is 15.0. The summed E-state index contributed by atoms with van der Waals surface area (Å²) in [7, 11) is 1.79. The fourth-order valence-electron chi connectivity index (χ4n) is 4.43. The average molecular weight is 420 g/mol. The minimum Gasteiger partial charge on any atom is -0.340 e. The highest BCUT2D eigenvalue weighted by molar-refractivity contribution is 6.04. The number of benzene rings is 1. The van der Waals surface area contributed by atoms with Crippen molar-refractivity contribution in [3.8, 4) is 17.3 Å². The van der Waals surface area contributed by atoms with Crippen molar-refractivity contribution in [1.29, 1.82) is 0 Å². The van der Waals surface area contributed by atoms with Crippen LogP contribution in [0.2, 0.25) is 0 Å². The van der Waals surface area contributed by atoms with Crippen molar-refractivity contribution in [1.82, 2.24) is 19.5 Å². The third-order valence-electron chi connectivity index (χ3n) is 6.42. The zero-order chi connectivity index (χ0) is 21.7. The lowest BCUT2D eigenvalue weighted by molar-refractivity contribution is -0.120. The van der Waals surface area contributed by atoms with E-state index in [1.54, 1.807) is 49.6 Å². The van der Waals surface area contributed by atoms with E-state index < -0.39 is 0 Å². The summed E-state index contributed by atoms with van der Waals surface area (Å²) in [5.74, 6) is 1.75. The van der Waals surface area contributed by atoms with Gasteiger partial charge in [0.1, 0.15) is 23.4 Å². The standard InChI is InChI=1S/C23H25FN6O/c1-4-18-22(31)28(3)19-13-26-23(27-21(19)30(18)16-6-5-7-16)29-11-10-25-20(29)15-8-9-17(24)14(2)12-15/h8-13,16,18H,4-7H2,1-3H3/t18-/m1/s1. The van der Waals surface area contributed by atoms with Crippen molar-refractivity contribution >= 4 is 17.4 Å². The van der Waals surface area contributed by atoms with Gasteiger partial charge in [-0.25, -0.2) is 14.4 Å². The first kappa shape index (κ1) is 19.7. The van der Waals surface area contributed by atoms with E-state index in [2.05, 4.69) is 14.9 Å². The summed E-state index contributed by atoms with van der Waals surface area (Å²) in [4.78, 5) is 30.8. The number of anilines is 2. The number of carbonyl (C=O) groups excluding carboxylic acids is 1. The molecule has 3 aromatic rings.